The number of rotatable bonds is 6. The third-order valence-corrected chi connectivity index (χ3v) is 4.08. The maximum atomic E-state index is 13.6. The van der Waals surface area contributed by atoms with Gasteiger partial charge in [0.05, 0.1) is 12.7 Å². The van der Waals surface area contributed by atoms with Crippen LogP contribution < -0.4 is 5.32 Å². The van der Waals surface area contributed by atoms with E-state index in [4.69, 9.17) is 16.3 Å². The van der Waals surface area contributed by atoms with Crippen LogP contribution in [0.25, 0.3) is 0 Å². The average Bonchev–Trinajstić information content (AvgIpc) is 2.45. The van der Waals surface area contributed by atoms with Crippen molar-refractivity contribution in [3.05, 3.63) is 34.6 Å². The highest BCUT2D eigenvalue weighted by Crippen LogP contribution is 2.23. The van der Waals surface area contributed by atoms with E-state index in [9.17, 15) is 4.39 Å². The summed E-state index contributed by atoms with van der Waals surface area (Å²) in [5.41, 5.74) is 0.584. The smallest absolute Gasteiger partial charge is 0.130 e. The first kappa shape index (κ1) is 15.7. The minimum absolute atomic E-state index is 0.254. The molecule has 0 radical (unpaired) electrons. The topological polar surface area (TPSA) is 21.3 Å². The number of ether oxygens (including phenoxy) is 1. The molecule has 0 heterocycles. The summed E-state index contributed by atoms with van der Waals surface area (Å²) in [6, 6.07) is 5.37. The molecule has 0 aliphatic heterocycles. The lowest BCUT2D eigenvalue weighted by Crippen LogP contribution is -2.35. The van der Waals surface area contributed by atoms with Gasteiger partial charge in [0.2, 0.25) is 0 Å². The molecule has 0 saturated heterocycles. The number of benzene rings is 1. The van der Waals surface area contributed by atoms with Gasteiger partial charge in [-0.05, 0) is 50.8 Å². The van der Waals surface area contributed by atoms with Gasteiger partial charge in [0, 0.05) is 16.6 Å². The van der Waals surface area contributed by atoms with Gasteiger partial charge in [0.1, 0.15) is 5.82 Å². The molecular formula is C16H23ClFNO. The first-order valence-corrected chi connectivity index (χ1v) is 7.85. The summed E-state index contributed by atoms with van der Waals surface area (Å²) in [6.07, 6.45) is 5.82. The third kappa shape index (κ3) is 4.72. The second-order valence-electron chi connectivity index (χ2n) is 5.47. The standard InChI is InChI=1S/C16H23ClFNO/c1-2-9-19-14-5-7-15(8-6-14)20-11-12-3-4-13(17)10-16(12)18/h3-4,10,14-15,19H,2,5-9,11H2,1H3. The quantitative estimate of drug-likeness (QED) is 0.845. The summed E-state index contributed by atoms with van der Waals surface area (Å²) in [6.45, 7) is 3.61. The van der Waals surface area contributed by atoms with E-state index in [2.05, 4.69) is 12.2 Å². The van der Waals surface area contributed by atoms with Gasteiger partial charge in [0.25, 0.3) is 0 Å². The predicted octanol–water partition coefficient (Wildman–Crippen LogP) is 4.31. The second-order valence-corrected chi connectivity index (χ2v) is 5.91. The van der Waals surface area contributed by atoms with Crippen LogP contribution >= 0.6 is 11.6 Å². The molecule has 0 aromatic heterocycles. The third-order valence-electron chi connectivity index (χ3n) is 3.85. The SMILES string of the molecule is CCCNC1CCC(OCc2ccc(Cl)cc2F)CC1. The van der Waals surface area contributed by atoms with Crippen molar-refractivity contribution in [2.24, 2.45) is 0 Å². The van der Waals surface area contributed by atoms with Gasteiger partial charge in [-0.15, -0.1) is 0 Å². The Balaban J connectivity index is 1.73. The molecule has 0 spiro atoms. The van der Waals surface area contributed by atoms with Gasteiger partial charge < -0.3 is 10.1 Å². The highest BCUT2D eigenvalue weighted by atomic mass is 35.5. The Labute approximate surface area is 125 Å². The number of nitrogens with one attached hydrogen (secondary N) is 1. The molecule has 2 nitrogen and oxygen atoms in total. The first-order chi connectivity index (χ1) is 9.69. The molecule has 0 unspecified atom stereocenters. The van der Waals surface area contributed by atoms with E-state index >= 15 is 0 Å². The maximum Gasteiger partial charge on any atom is 0.130 e. The van der Waals surface area contributed by atoms with Gasteiger partial charge in [-0.2, -0.15) is 0 Å². The fourth-order valence-electron chi connectivity index (χ4n) is 2.63. The van der Waals surface area contributed by atoms with Crippen molar-refractivity contribution in [1.82, 2.24) is 5.32 Å². The molecular weight excluding hydrogens is 277 g/mol. The molecule has 1 aromatic carbocycles. The van der Waals surface area contributed by atoms with Crippen molar-refractivity contribution in [2.75, 3.05) is 6.54 Å². The highest BCUT2D eigenvalue weighted by molar-refractivity contribution is 6.30. The van der Waals surface area contributed by atoms with E-state index in [1.165, 1.54) is 12.5 Å². The van der Waals surface area contributed by atoms with Crippen LogP contribution in [0, 0.1) is 5.82 Å². The second kappa shape index (κ2) is 7.96. The minimum atomic E-state index is -0.282. The minimum Gasteiger partial charge on any atom is -0.373 e. The van der Waals surface area contributed by atoms with E-state index in [0.717, 1.165) is 32.2 Å². The molecule has 1 fully saturated rings. The zero-order chi connectivity index (χ0) is 14.4. The molecule has 0 amide bonds. The van der Waals surface area contributed by atoms with E-state index < -0.39 is 0 Å². The lowest BCUT2D eigenvalue weighted by Gasteiger charge is -2.29. The van der Waals surface area contributed by atoms with Gasteiger partial charge >= 0.3 is 0 Å². The lowest BCUT2D eigenvalue weighted by molar-refractivity contribution is 0.0102. The lowest BCUT2D eigenvalue weighted by atomic mass is 9.93. The first-order valence-electron chi connectivity index (χ1n) is 7.48. The zero-order valence-corrected chi connectivity index (χ0v) is 12.8. The number of hydrogen-bond donors (Lipinski definition) is 1. The molecule has 1 saturated carbocycles. The molecule has 1 aromatic rings. The van der Waals surface area contributed by atoms with E-state index in [0.29, 0.717) is 23.2 Å². The molecule has 1 aliphatic carbocycles. The van der Waals surface area contributed by atoms with Crippen molar-refractivity contribution in [1.29, 1.82) is 0 Å². The summed E-state index contributed by atoms with van der Waals surface area (Å²) in [5, 5.41) is 3.98. The normalized spacial score (nSPS) is 22.9. The van der Waals surface area contributed by atoms with Crippen LogP contribution in [-0.2, 0) is 11.3 Å². The summed E-state index contributed by atoms with van der Waals surface area (Å²) in [7, 11) is 0. The summed E-state index contributed by atoms with van der Waals surface area (Å²) in [4.78, 5) is 0. The Kier molecular flexibility index (Phi) is 6.27. The van der Waals surface area contributed by atoms with E-state index in [1.807, 2.05) is 0 Å². The van der Waals surface area contributed by atoms with Gasteiger partial charge in [0.15, 0.2) is 0 Å². The molecule has 1 N–H and O–H groups in total. The molecule has 0 bridgehead atoms. The molecule has 112 valence electrons. The summed E-state index contributed by atoms with van der Waals surface area (Å²) >= 11 is 5.74. The Hall–Kier alpha value is -0.640. The van der Waals surface area contributed by atoms with Gasteiger partial charge in [-0.25, -0.2) is 4.39 Å². The van der Waals surface area contributed by atoms with Crippen molar-refractivity contribution in [3.63, 3.8) is 0 Å². The average molecular weight is 300 g/mol. The van der Waals surface area contributed by atoms with E-state index in [1.54, 1.807) is 12.1 Å². The fourth-order valence-corrected chi connectivity index (χ4v) is 2.79. The molecule has 4 heteroatoms. The molecule has 1 aliphatic rings. The van der Waals surface area contributed by atoms with Crippen molar-refractivity contribution in [2.45, 2.75) is 57.8 Å². The van der Waals surface area contributed by atoms with Crippen molar-refractivity contribution in [3.8, 4) is 0 Å². The van der Waals surface area contributed by atoms with Gasteiger partial charge in [-0.1, -0.05) is 24.6 Å². The Morgan fingerprint density at radius 1 is 1.30 bits per heavy atom. The predicted molar refractivity (Wildman–Crippen MR) is 80.5 cm³/mol. The van der Waals surface area contributed by atoms with Crippen molar-refractivity contribution < 1.29 is 9.13 Å². The van der Waals surface area contributed by atoms with Crippen LogP contribution in [0.15, 0.2) is 18.2 Å². The van der Waals surface area contributed by atoms with E-state index in [-0.39, 0.29) is 11.9 Å². The van der Waals surface area contributed by atoms with Gasteiger partial charge in [-0.3, -0.25) is 0 Å². The Morgan fingerprint density at radius 3 is 2.70 bits per heavy atom. The van der Waals surface area contributed by atoms with Crippen LogP contribution in [0.4, 0.5) is 4.39 Å². The van der Waals surface area contributed by atoms with Crippen molar-refractivity contribution >= 4 is 11.6 Å². The zero-order valence-electron chi connectivity index (χ0n) is 12.0. The molecule has 20 heavy (non-hydrogen) atoms. The summed E-state index contributed by atoms with van der Waals surface area (Å²) in [5.74, 6) is -0.282. The molecule has 2 rings (SSSR count). The maximum absolute atomic E-state index is 13.6. The largest absolute Gasteiger partial charge is 0.373 e. The van der Waals surface area contributed by atoms with Crippen LogP contribution in [0.2, 0.25) is 5.02 Å². The molecule has 0 atom stereocenters. The highest BCUT2D eigenvalue weighted by Gasteiger charge is 2.21. The van der Waals surface area contributed by atoms with Crippen LogP contribution in [0.3, 0.4) is 0 Å². The Bertz CT molecular complexity index is 419. The van der Waals surface area contributed by atoms with Crippen LogP contribution in [0.1, 0.15) is 44.6 Å². The summed E-state index contributed by atoms with van der Waals surface area (Å²) < 4.78 is 19.5. The number of halogens is 2. The van der Waals surface area contributed by atoms with Crippen LogP contribution in [-0.4, -0.2) is 18.7 Å². The Morgan fingerprint density at radius 2 is 2.05 bits per heavy atom. The number of hydrogen-bond acceptors (Lipinski definition) is 2. The monoisotopic (exact) mass is 299 g/mol. The fraction of sp³-hybridized carbons (Fsp3) is 0.625. The van der Waals surface area contributed by atoms with Crippen LogP contribution in [0.5, 0.6) is 0 Å².